The number of carbonyl (C=O) groups excluding carboxylic acids is 1. The van der Waals surface area contributed by atoms with Gasteiger partial charge in [-0.15, -0.1) is 0 Å². The molecule has 170 valence electrons. The summed E-state index contributed by atoms with van der Waals surface area (Å²) in [7, 11) is -3.97. The summed E-state index contributed by atoms with van der Waals surface area (Å²) in [5.74, 6) is 0.0173. The Balaban J connectivity index is 1.52. The largest absolute Gasteiger partial charge is 0.384 e. The van der Waals surface area contributed by atoms with Gasteiger partial charge >= 0.3 is 0 Å². The van der Waals surface area contributed by atoms with Crippen LogP contribution in [0.2, 0.25) is 0 Å². The van der Waals surface area contributed by atoms with Gasteiger partial charge in [-0.2, -0.15) is 0 Å². The molecule has 3 aromatic rings. The third kappa shape index (κ3) is 4.62. The van der Waals surface area contributed by atoms with Crippen LogP contribution in [0.15, 0.2) is 70.5 Å². The van der Waals surface area contributed by atoms with E-state index in [0.717, 1.165) is 5.56 Å². The third-order valence-electron chi connectivity index (χ3n) is 5.36. The number of amides is 1. The summed E-state index contributed by atoms with van der Waals surface area (Å²) < 4.78 is 28.7. The minimum absolute atomic E-state index is 0.0139. The van der Waals surface area contributed by atoms with Crippen molar-refractivity contribution in [2.45, 2.75) is 30.3 Å². The van der Waals surface area contributed by atoms with Crippen molar-refractivity contribution in [1.29, 1.82) is 5.41 Å². The molecular weight excluding hydrogens is 444 g/mol. The number of fused-ring (bicyclic) bond motifs is 1. The molecule has 1 atom stereocenters. The van der Waals surface area contributed by atoms with E-state index in [0.29, 0.717) is 24.2 Å². The Labute approximate surface area is 190 Å². The van der Waals surface area contributed by atoms with Crippen LogP contribution in [0.25, 0.3) is 0 Å². The quantitative estimate of drug-likeness (QED) is 0.302. The van der Waals surface area contributed by atoms with Gasteiger partial charge in [-0.3, -0.25) is 24.3 Å². The number of hydrogen-bond donors (Lipinski definition) is 4. The Morgan fingerprint density at radius 3 is 2.52 bits per heavy atom. The maximum Gasteiger partial charge on any atom is 0.278 e. The van der Waals surface area contributed by atoms with Crippen LogP contribution in [0.1, 0.15) is 29.4 Å². The van der Waals surface area contributed by atoms with Gasteiger partial charge in [0.2, 0.25) is 5.91 Å². The topological polar surface area (TPSA) is 160 Å². The van der Waals surface area contributed by atoms with Crippen LogP contribution < -0.4 is 21.3 Å². The number of sulfonamides is 1. The Bertz CT molecular complexity index is 1370. The van der Waals surface area contributed by atoms with Gasteiger partial charge in [0.25, 0.3) is 15.6 Å². The minimum Gasteiger partial charge on any atom is -0.384 e. The van der Waals surface area contributed by atoms with Gasteiger partial charge in [-0.1, -0.05) is 42.5 Å². The highest BCUT2D eigenvalue weighted by Crippen LogP contribution is 2.24. The number of benzene rings is 2. The second-order valence-corrected chi connectivity index (χ2v) is 9.25. The number of nitrogens with zero attached hydrogens (tertiary/aromatic N) is 2. The standard InChI is InChI=1S/C22H22N6O4S/c23-20(24)15-8-6-14(7-9-15)12-26-21(29)18-10-11-19-25-13-17(22(30)28(18)19)27-33(31,32)16-4-2-1-3-5-16/h1-9,13,18,27H,10-12H2,(H3,23,24)(H,26,29)/t18-/m0/s1. The molecule has 1 amide bonds. The summed E-state index contributed by atoms with van der Waals surface area (Å²) in [6, 6.07) is 13.8. The SMILES string of the molecule is N=C(N)c1ccc(CNC(=O)[C@@H]2CCc3ncc(NS(=O)(=O)c4ccccc4)c(=O)n32)cc1. The lowest BCUT2D eigenvalue weighted by Gasteiger charge is -2.16. The fourth-order valence-corrected chi connectivity index (χ4v) is 4.70. The Hall–Kier alpha value is -3.99. The van der Waals surface area contributed by atoms with Crippen LogP contribution >= 0.6 is 0 Å². The van der Waals surface area contributed by atoms with Crippen LogP contribution in [0.4, 0.5) is 5.69 Å². The van der Waals surface area contributed by atoms with Gasteiger partial charge < -0.3 is 11.1 Å². The predicted molar refractivity (Wildman–Crippen MR) is 122 cm³/mol. The zero-order chi connectivity index (χ0) is 23.6. The van der Waals surface area contributed by atoms with E-state index in [9.17, 15) is 18.0 Å². The number of rotatable bonds is 7. The molecule has 0 unspecified atom stereocenters. The van der Waals surface area contributed by atoms with Crippen molar-refractivity contribution in [2.75, 3.05) is 4.72 Å². The molecule has 33 heavy (non-hydrogen) atoms. The molecule has 0 aliphatic carbocycles. The first kappa shape index (κ1) is 22.2. The van der Waals surface area contributed by atoms with Crippen molar-refractivity contribution in [3.05, 3.63) is 88.1 Å². The number of aryl methyl sites for hydroxylation is 1. The van der Waals surface area contributed by atoms with Crippen LogP contribution in [-0.4, -0.2) is 29.7 Å². The smallest absolute Gasteiger partial charge is 0.278 e. The zero-order valence-corrected chi connectivity index (χ0v) is 18.3. The lowest BCUT2D eigenvalue weighted by Crippen LogP contribution is -2.36. The summed E-state index contributed by atoms with van der Waals surface area (Å²) in [4.78, 5) is 30.1. The maximum atomic E-state index is 13.0. The van der Waals surface area contributed by atoms with E-state index < -0.39 is 21.6 Å². The van der Waals surface area contributed by atoms with Gasteiger partial charge in [-0.25, -0.2) is 13.4 Å². The highest BCUT2D eigenvalue weighted by atomic mass is 32.2. The van der Waals surface area contributed by atoms with Gasteiger partial charge in [0.15, 0.2) is 0 Å². The Kier molecular flexibility index (Phi) is 5.97. The molecule has 0 spiro atoms. The number of nitrogens with two attached hydrogens (primary N) is 1. The normalized spacial score (nSPS) is 15.0. The number of carbonyl (C=O) groups is 1. The molecular formula is C22H22N6O4S. The van der Waals surface area contributed by atoms with E-state index in [1.54, 1.807) is 42.5 Å². The summed E-state index contributed by atoms with van der Waals surface area (Å²) in [5.41, 5.74) is 5.99. The molecule has 0 fully saturated rings. The van der Waals surface area contributed by atoms with Crippen LogP contribution in [0.5, 0.6) is 0 Å². The predicted octanol–water partition coefficient (Wildman–Crippen LogP) is 1.13. The molecule has 0 saturated carbocycles. The van der Waals surface area contributed by atoms with E-state index in [-0.39, 0.29) is 28.9 Å². The number of nitrogen functional groups attached to an aromatic ring is 1. The van der Waals surface area contributed by atoms with Crippen molar-refractivity contribution in [3.63, 3.8) is 0 Å². The summed E-state index contributed by atoms with van der Waals surface area (Å²) >= 11 is 0. The highest BCUT2D eigenvalue weighted by molar-refractivity contribution is 7.92. The molecule has 4 rings (SSSR count). The first-order valence-corrected chi connectivity index (χ1v) is 11.6. The van der Waals surface area contributed by atoms with Crippen molar-refractivity contribution >= 4 is 27.5 Å². The molecule has 1 aromatic heterocycles. The summed E-state index contributed by atoms with van der Waals surface area (Å²) in [6.45, 7) is 0.228. The maximum absolute atomic E-state index is 13.0. The minimum atomic E-state index is -3.97. The molecule has 11 heteroatoms. The van der Waals surface area contributed by atoms with Crippen molar-refractivity contribution < 1.29 is 13.2 Å². The lowest BCUT2D eigenvalue weighted by molar-refractivity contribution is -0.124. The molecule has 2 heterocycles. The number of anilines is 1. The summed E-state index contributed by atoms with van der Waals surface area (Å²) in [6.07, 6.45) is 1.99. The van der Waals surface area contributed by atoms with Gasteiger partial charge in [-0.05, 0) is 24.1 Å². The Morgan fingerprint density at radius 1 is 1.15 bits per heavy atom. The van der Waals surface area contributed by atoms with Gasteiger partial charge in [0, 0.05) is 18.5 Å². The number of aromatic nitrogens is 2. The Morgan fingerprint density at radius 2 is 1.85 bits per heavy atom. The van der Waals surface area contributed by atoms with Crippen molar-refractivity contribution in [1.82, 2.24) is 14.9 Å². The van der Waals surface area contributed by atoms with E-state index in [4.69, 9.17) is 11.1 Å². The monoisotopic (exact) mass is 466 g/mol. The fourth-order valence-electron chi connectivity index (χ4n) is 3.64. The average Bonchev–Trinajstić information content (AvgIpc) is 3.25. The number of amidine groups is 1. The van der Waals surface area contributed by atoms with Crippen LogP contribution in [0, 0.1) is 5.41 Å². The molecule has 5 N–H and O–H groups in total. The lowest BCUT2D eigenvalue weighted by atomic mass is 10.1. The number of hydrogen-bond acceptors (Lipinski definition) is 6. The van der Waals surface area contributed by atoms with Gasteiger partial charge in [0.05, 0.1) is 11.1 Å². The molecule has 0 saturated heterocycles. The van der Waals surface area contributed by atoms with E-state index >= 15 is 0 Å². The molecule has 0 radical (unpaired) electrons. The second kappa shape index (κ2) is 8.87. The van der Waals surface area contributed by atoms with Gasteiger partial charge in [0.1, 0.15) is 23.4 Å². The first-order valence-electron chi connectivity index (χ1n) is 10.2. The van der Waals surface area contributed by atoms with Crippen molar-refractivity contribution in [3.8, 4) is 0 Å². The van der Waals surface area contributed by atoms with Crippen molar-refractivity contribution in [2.24, 2.45) is 5.73 Å². The summed E-state index contributed by atoms with van der Waals surface area (Å²) in [5, 5.41) is 10.2. The van der Waals surface area contributed by atoms with E-state index in [1.165, 1.54) is 22.9 Å². The zero-order valence-electron chi connectivity index (χ0n) is 17.5. The molecule has 1 aliphatic heterocycles. The molecule has 10 nitrogen and oxygen atoms in total. The average molecular weight is 467 g/mol. The molecule has 0 bridgehead atoms. The number of nitrogens with one attached hydrogen (secondary N) is 3. The third-order valence-corrected chi connectivity index (χ3v) is 6.74. The highest BCUT2D eigenvalue weighted by Gasteiger charge is 2.31. The molecule has 1 aliphatic rings. The van der Waals surface area contributed by atoms with Crippen LogP contribution in [0.3, 0.4) is 0 Å². The first-order chi connectivity index (χ1) is 15.8. The van der Waals surface area contributed by atoms with Crippen LogP contribution in [-0.2, 0) is 27.8 Å². The molecule has 2 aromatic carbocycles. The fraction of sp³-hybridized carbons (Fsp3) is 0.182. The second-order valence-electron chi connectivity index (χ2n) is 7.56. The van der Waals surface area contributed by atoms with E-state index in [1.807, 2.05) is 0 Å². The van der Waals surface area contributed by atoms with E-state index in [2.05, 4.69) is 15.0 Å².